The van der Waals surface area contributed by atoms with Crippen LogP contribution >= 0.6 is 11.3 Å². The largest absolute Gasteiger partial charge is 0.496 e. The molecule has 1 aromatic heterocycles. The zero-order valence-electron chi connectivity index (χ0n) is 11.6. The maximum absolute atomic E-state index is 11.2. The summed E-state index contributed by atoms with van der Waals surface area (Å²) in [5, 5.41) is 0.818. The van der Waals surface area contributed by atoms with Crippen molar-refractivity contribution in [2.45, 2.75) is 0 Å². The molecule has 0 aliphatic rings. The van der Waals surface area contributed by atoms with Crippen LogP contribution in [0.15, 0.2) is 36.4 Å². The fraction of sp³-hybridized carbons (Fsp3) is 0.125. The van der Waals surface area contributed by atoms with E-state index in [-0.39, 0.29) is 0 Å². The molecule has 0 atom stereocenters. The van der Waals surface area contributed by atoms with E-state index in [4.69, 9.17) is 9.47 Å². The number of fused-ring (bicyclic) bond motifs is 1. The van der Waals surface area contributed by atoms with Gasteiger partial charge in [-0.25, -0.2) is 4.98 Å². The first-order valence-electron chi connectivity index (χ1n) is 6.34. The SMILES string of the molecule is COc1cc(OC)c(-c2nc3ccccc3s2)cc1C=O. The van der Waals surface area contributed by atoms with Gasteiger partial charge in [-0.1, -0.05) is 12.1 Å². The van der Waals surface area contributed by atoms with Gasteiger partial charge in [-0.05, 0) is 18.2 Å². The van der Waals surface area contributed by atoms with Crippen LogP contribution in [0.5, 0.6) is 11.5 Å². The number of hydrogen-bond donors (Lipinski definition) is 0. The van der Waals surface area contributed by atoms with Gasteiger partial charge in [-0.3, -0.25) is 4.79 Å². The van der Waals surface area contributed by atoms with E-state index in [0.717, 1.165) is 27.1 Å². The number of aromatic nitrogens is 1. The molecule has 0 N–H and O–H groups in total. The van der Waals surface area contributed by atoms with E-state index in [2.05, 4.69) is 4.98 Å². The van der Waals surface area contributed by atoms with Crippen LogP contribution in [0.1, 0.15) is 10.4 Å². The number of methoxy groups -OCH3 is 2. The van der Waals surface area contributed by atoms with Crippen LogP contribution in [0.4, 0.5) is 0 Å². The third-order valence-corrected chi connectivity index (χ3v) is 4.27. The number of aldehydes is 1. The molecule has 0 aliphatic carbocycles. The second-order valence-corrected chi connectivity index (χ2v) is 5.43. The molecule has 0 bridgehead atoms. The number of rotatable bonds is 4. The van der Waals surface area contributed by atoms with Crippen LogP contribution in [0.3, 0.4) is 0 Å². The van der Waals surface area contributed by atoms with Crippen LogP contribution in [-0.4, -0.2) is 25.5 Å². The molecule has 0 radical (unpaired) electrons. The lowest BCUT2D eigenvalue weighted by Crippen LogP contribution is -1.95. The van der Waals surface area contributed by atoms with Gasteiger partial charge >= 0.3 is 0 Å². The number of nitrogens with zero attached hydrogens (tertiary/aromatic N) is 1. The number of carbonyl (C=O) groups is 1. The predicted octanol–water partition coefficient (Wildman–Crippen LogP) is 3.79. The monoisotopic (exact) mass is 299 g/mol. The van der Waals surface area contributed by atoms with Crippen molar-refractivity contribution in [2.75, 3.05) is 14.2 Å². The standard InChI is InChI=1S/C16H13NO3S/c1-19-13-8-14(20-2)11(7-10(13)9-18)16-17-12-5-3-4-6-15(12)21-16/h3-9H,1-2H3. The highest BCUT2D eigenvalue weighted by Gasteiger charge is 2.15. The first-order chi connectivity index (χ1) is 10.3. The molecule has 0 saturated carbocycles. The highest BCUT2D eigenvalue weighted by molar-refractivity contribution is 7.21. The van der Waals surface area contributed by atoms with Crippen LogP contribution < -0.4 is 9.47 Å². The van der Waals surface area contributed by atoms with E-state index in [9.17, 15) is 4.79 Å². The number of thiazole rings is 1. The van der Waals surface area contributed by atoms with Crippen LogP contribution in [0, 0.1) is 0 Å². The van der Waals surface area contributed by atoms with Gasteiger partial charge in [0.2, 0.25) is 0 Å². The van der Waals surface area contributed by atoms with E-state index in [0.29, 0.717) is 17.1 Å². The molecule has 0 aliphatic heterocycles. The summed E-state index contributed by atoms with van der Waals surface area (Å²) in [5.41, 5.74) is 2.21. The third-order valence-electron chi connectivity index (χ3n) is 3.20. The second-order valence-electron chi connectivity index (χ2n) is 4.40. The fourth-order valence-electron chi connectivity index (χ4n) is 2.17. The first-order valence-corrected chi connectivity index (χ1v) is 7.15. The topological polar surface area (TPSA) is 48.4 Å². The van der Waals surface area contributed by atoms with E-state index in [1.54, 1.807) is 30.6 Å². The highest BCUT2D eigenvalue weighted by Crippen LogP contribution is 2.39. The fourth-order valence-corrected chi connectivity index (χ4v) is 3.16. The van der Waals surface area contributed by atoms with Crippen molar-refractivity contribution in [1.29, 1.82) is 0 Å². The molecule has 0 saturated heterocycles. The molecule has 3 aromatic rings. The zero-order chi connectivity index (χ0) is 14.8. The lowest BCUT2D eigenvalue weighted by Gasteiger charge is -2.10. The summed E-state index contributed by atoms with van der Waals surface area (Å²) >= 11 is 1.56. The second kappa shape index (κ2) is 5.54. The average molecular weight is 299 g/mol. The van der Waals surface area contributed by atoms with Gasteiger partial charge in [0.15, 0.2) is 6.29 Å². The summed E-state index contributed by atoms with van der Waals surface area (Å²) in [5.74, 6) is 1.13. The van der Waals surface area contributed by atoms with Crippen molar-refractivity contribution in [3.8, 4) is 22.1 Å². The van der Waals surface area contributed by atoms with Crippen LogP contribution in [0.25, 0.3) is 20.8 Å². The minimum absolute atomic E-state index is 0.479. The van der Waals surface area contributed by atoms with Crippen molar-refractivity contribution < 1.29 is 14.3 Å². The van der Waals surface area contributed by atoms with E-state index >= 15 is 0 Å². The Labute approximate surface area is 126 Å². The quantitative estimate of drug-likeness (QED) is 0.688. The molecule has 0 fully saturated rings. The molecule has 0 amide bonds. The zero-order valence-corrected chi connectivity index (χ0v) is 12.4. The molecule has 0 unspecified atom stereocenters. The van der Waals surface area contributed by atoms with Gasteiger partial charge in [-0.2, -0.15) is 0 Å². The summed E-state index contributed by atoms with van der Waals surface area (Å²) in [6.45, 7) is 0. The molecule has 106 valence electrons. The molecular weight excluding hydrogens is 286 g/mol. The Morgan fingerprint density at radius 1 is 1.10 bits per heavy atom. The van der Waals surface area contributed by atoms with E-state index in [1.165, 1.54) is 7.11 Å². The molecule has 21 heavy (non-hydrogen) atoms. The Morgan fingerprint density at radius 3 is 2.52 bits per heavy atom. The van der Waals surface area contributed by atoms with Crippen molar-refractivity contribution in [2.24, 2.45) is 0 Å². The molecule has 5 heteroatoms. The molecular formula is C16H13NO3S. The number of ether oxygens (including phenoxy) is 2. The minimum atomic E-state index is 0.479. The van der Waals surface area contributed by atoms with Gasteiger partial charge in [0.05, 0.1) is 35.6 Å². The van der Waals surface area contributed by atoms with Gasteiger partial charge in [0.1, 0.15) is 16.5 Å². The van der Waals surface area contributed by atoms with Crippen LogP contribution in [0.2, 0.25) is 0 Å². The third kappa shape index (κ3) is 2.36. The predicted molar refractivity (Wildman–Crippen MR) is 83.5 cm³/mol. The summed E-state index contributed by atoms with van der Waals surface area (Å²) in [6.07, 6.45) is 0.773. The maximum atomic E-state index is 11.2. The maximum Gasteiger partial charge on any atom is 0.153 e. The Morgan fingerprint density at radius 2 is 1.86 bits per heavy atom. The molecule has 4 nitrogen and oxygen atoms in total. The minimum Gasteiger partial charge on any atom is -0.496 e. The summed E-state index contributed by atoms with van der Waals surface area (Å²) in [6, 6.07) is 11.4. The average Bonchev–Trinajstić information content (AvgIpc) is 2.97. The van der Waals surface area contributed by atoms with Crippen molar-refractivity contribution >= 4 is 27.8 Å². The van der Waals surface area contributed by atoms with E-state index in [1.807, 2.05) is 24.3 Å². The van der Waals surface area contributed by atoms with Gasteiger partial charge in [0.25, 0.3) is 0 Å². The summed E-state index contributed by atoms with van der Waals surface area (Å²) < 4.78 is 11.7. The Kier molecular flexibility index (Phi) is 3.58. The number of carbonyl (C=O) groups excluding carboxylic acids is 1. The van der Waals surface area contributed by atoms with Crippen molar-refractivity contribution in [1.82, 2.24) is 4.98 Å². The van der Waals surface area contributed by atoms with Crippen LogP contribution in [-0.2, 0) is 0 Å². The van der Waals surface area contributed by atoms with Crippen molar-refractivity contribution in [3.05, 3.63) is 42.0 Å². The smallest absolute Gasteiger partial charge is 0.153 e. The normalized spacial score (nSPS) is 10.6. The molecule has 0 spiro atoms. The van der Waals surface area contributed by atoms with Gasteiger partial charge < -0.3 is 9.47 Å². The number of benzene rings is 2. The molecule has 1 heterocycles. The van der Waals surface area contributed by atoms with E-state index < -0.39 is 0 Å². The lowest BCUT2D eigenvalue weighted by molar-refractivity contribution is 0.112. The summed E-state index contributed by atoms with van der Waals surface area (Å²) in [4.78, 5) is 15.8. The van der Waals surface area contributed by atoms with Gasteiger partial charge in [-0.15, -0.1) is 11.3 Å². The number of para-hydroxylation sites is 1. The Hall–Kier alpha value is -2.40. The summed E-state index contributed by atoms with van der Waals surface area (Å²) in [7, 11) is 3.12. The van der Waals surface area contributed by atoms with Gasteiger partial charge in [0, 0.05) is 6.07 Å². The number of hydrogen-bond acceptors (Lipinski definition) is 5. The Balaban J connectivity index is 2.22. The molecule has 2 aromatic carbocycles. The highest BCUT2D eigenvalue weighted by atomic mass is 32.1. The van der Waals surface area contributed by atoms with Crippen molar-refractivity contribution in [3.63, 3.8) is 0 Å². The first kappa shape index (κ1) is 13.6. The molecule has 3 rings (SSSR count). The lowest BCUT2D eigenvalue weighted by atomic mass is 10.1. The Bertz CT molecular complexity index is 777.